The average Bonchev–Trinajstić information content (AvgIpc) is 3.07. The summed E-state index contributed by atoms with van der Waals surface area (Å²) >= 11 is 1.51. The van der Waals surface area contributed by atoms with Gasteiger partial charge in [-0.3, -0.25) is 9.59 Å². The summed E-state index contributed by atoms with van der Waals surface area (Å²) in [6.07, 6.45) is 2.49. The highest BCUT2D eigenvalue weighted by molar-refractivity contribution is 7.10. The fourth-order valence-electron chi connectivity index (χ4n) is 2.04. The SMILES string of the molecule is CCC(C)(C)NC(=O)/C(=C/c1cccs1)NC(=O)c1ccc(C)cc1. The molecule has 0 unspecified atom stereocenters. The van der Waals surface area contributed by atoms with E-state index >= 15 is 0 Å². The molecule has 0 saturated heterocycles. The first-order chi connectivity index (χ1) is 11.8. The summed E-state index contributed by atoms with van der Waals surface area (Å²) in [5, 5.41) is 7.65. The van der Waals surface area contributed by atoms with Crippen LogP contribution in [0.15, 0.2) is 47.5 Å². The number of carbonyl (C=O) groups excluding carboxylic acids is 2. The second-order valence-electron chi connectivity index (χ2n) is 6.59. The van der Waals surface area contributed by atoms with Crippen molar-refractivity contribution >= 4 is 29.2 Å². The van der Waals surface area contributed by atoms with Crippen LogP contribution >= 0.6 is 11.3 Å². The van der Waals surface area contributed by atoms with Gasteiger partial charge in [-0.25, -0.2) is 0 Å². The molecule has 25 heavy (non-hydrogen) atoms. The number of aryl methyl sites for hydroxylation is 1. The molecule has 2 aromatic rings. The fraction of sp³-hybridized carbons (Fsp3) is 0.300. The van der Waals surface area contributed by atoms with Crippen molar-refractivity contribution in [2.45, 2.75) is 39.7 Å². The lowest BCUT2D eigenvalue weighted by molar-refractivity contribution is -0.119. The van der Waals surface area contributed by atoms with Gasteiger partial charge in [0.05, 0.1) is 0 Å². The van der Waals surface area contributed by atoms with E-state index in [4.69, 9.17) is 0 Å². The zero-order valence-corrected chi connectivity index (χ0v) is 15.9. The van der Waals surface area contributed by atoms with E-state index in [0.29, 0.717) is 5.56 Å². The van der Waals surface area contributed by atoms with Crippen LogP contribution in [0.2, 0.25) is 0 Å². The second-order valence-corrected chi connectivity index (χ2v) is 7.56. The molecule has 2 amide bonds. The Kier molecular flexibility index (Phi) is 6.15. The fourth-order valence-corrected chi connectivity index (χ4v) is 2.69. The molecule has 0 aliphatic carbocycles. The maximum absolute atomic E-state index is 12.7. The van der Waals surface area contributed by atoms with E-state index in [1.54, 1.807) is 18.2 Å². The summed E-state index contributed by atoms with van der Waals surface area (Å²) in [7, 11) is 0. The molecule has 0 fully saturated rings. The summed E-state index contributed by atoms with van der Waals surface area (Å²) < 4.78 is 0. The van der Waals surface area contributed by atoms with Gasteiger partial charge in [0, 0.05) is 16.0 Å². The summed E-state index contributed by atoms with van der Waals surface area (Å²) in [5.41, 5.74) is 1.49. The van der Waals surface area contributed by atoms with E-state index in [9.17, 15) is 9.59 Å². The third-order valence-electron chi connectivity index (χ3n) is 3.97. The van der Waals surface area contributed by atoms with E-state index in [1.807, 2.05) is 57.3 Å². The molecular formula is C20H24N2O2S. The van der Waals surface area contributed by atoms with Gasteiger partial charge < -0.3 is 10.6 Å². The van der Waals surface area contributed by atoms with Crippen molar-refractivity contribution in [2.24, 2.45) is 0 Å². The molecule has 1 aromatic carbocycles. The van der Waals surface area contributed by atoms with Crippen LogP contribution in [0.25, 0.3) is 6.08 Å². The molecule has 0 aliphatic rings. The Hall–Kier alpha value is -2.40. The van der Waals surface area contributed by atoms with E-state index in [2.05, 4.69) is 10.6 Å². The normalized spacial score (nSPS) is 11.9. The molecule has 0 aliphatic heterocycles. The lowest BCUT2D eigenvalue weighted by Gasteiger charge is -2.25. The number of carbonyl (C=O) groups is 2. The Bertz CT molecular complexity index is 760. The molecule has 0 saturated carbocycles. The summed E-state index contributed by atoms with van der Waals surface area (Å²) in [5.74, 6) is -0.590. The number of thiophene rings is 1. The molecule has 1 heterocycles. The molecule has 2 N–H and O–H groups in total. The van der Waals surface area contributed by atoms with Crippen molar-refractivity contribution in [1.29, 1.82) is 0 Å². The van der Waals surface area contributed by atoms with Crippen LogP contribution in [0.1, 0.15) is 48.0 Å². The van der Waals surface area contributed by atoms with Crippen molar-refractivity contribution in [1.82, 2.24) is 10.6 Å². The van der Waals surface area contributed by atoms with E-state index in [1.165, 1.54) is 11.3 Å². The zero-order chi connectivity index (χ0) is 18.4. The topological polar surface area (TPSA) is 58.2 Å². The predicted octanol–water partition coefficient (Wildman–Crippen LogP) is 4.13. The molecule has 4 nitrogen and oxygen atoms in total. The predicted molar refractivity (Wildman–Crippen MR) is 103 cm³/mol. The Morgan fingerprint density at radius 1 is 1.16 bits per heavy atom. The standard InChI is InChI=1S/C20H24N2O2S/c1-5-20(3,4)22-19(24)17(13-16-7-6-12-25-16)21-18(23)15-10-8-14(2)9-11-15/h6-13H,5H2,1-4H3,(H,21,23)(H,22,24)/b17-13-. The van der Waals surface area contributed by atoms with Gasteiger partial charge in [0.1, 0.15) is 5.70 Å². The van der Waals surface area contributed by atoms with Crippen LogP contribution in [-0.4, -0.2) is 17.4 Å². The lowest BCUT2D eigenvalue weighted by atomic mass is 10.0. The minimum atomic E-state index is -0.347. The highest BCUT2D eigenvalue weighted by atomic mass is 32.1. The molecular weight excluding hydrogens is 332 g/mol. The summed E-state index contributed by atoms with van der Waals surface area (Å²) in [6.45, 7) is 7.88. The minimum Gasteiger partial charge on any atom is -0.346 e. The van der Waals surface area contributed by atoms with Crippen molar-refractivity contribution in [2.75, 3.05) is 0 Å². The Balaban J connectivity index is 2.24. The van der Waals surface area contributed by atoms with E-state index in [0.717, 1.165) is 16.9 Å². The van der Waals surface area contributed by atoms with Gasteiger partial charge in [-0.1, -0.05) is 30.7 Å². The van der Waals surface area contributed by atoms with Gasteiger partial charge in [0.25, 0.3) is 11.8 Å². The first-order valence-corrected chi connectivity index (χ1v) is 9.14. The third kappa shape index (κ3) is 5.57. The molecule has 0 radical (unpaired) electrons. The number of benzene rings is 1. The van der Waals surface area contributed by atoms with E-state index in [-0.39, 0.29) is 23.1 Å². The average molecular weight is 356 g/mol. The zero-order valence-electron chi connectivity index (χ0n) is 15.1. The third-order valence-corrected chi connectivity index (χ3v) is 4.79. The van der Waals surface area contributed by atoms with Gasteiger partial charge >= 0.3 is 0 Å². The second kappa shape index (κ2) is 8.12. The highest BCUT2D eigenvalue weighted by Gasteiger charge is 2.22. The van der Waals surface area contributed by atoms with Crippen molar-refractivity contribution in [3.63, 3.8) is 0 Å². The van der Waals surface area contributed by atoms with Gasteiger partial charge in [0.15, 0.2) is 0 Å². The number of nitrogens with one attached hydrogen (secondary N) is 2. The van der Waals surface area contributed by atoms with Gasteiger partial charge in [0.2, 0.25) is 0 Å². The summed E-state index contributed by atoms with van der Waals surface area (Å²) in [4.78, 5) is 26.1. The van der Waals surface area contributed by atoms with Crippen LogP contribution in [0.3, 0.4) is 0 Å². The molecule has 0 spiro atoms. The number of hydrogen-bond donors (Lipinski definition) is 2. The molecule has 2 rings (SSSR count). The Labute approximate surface area is 153 Å². The van der Waals surface area contributed by atoms with Crippen LogP contribution in [0, 0.1) is 6.92 Å². The smallest absolute Gasteiger partial charge is 0.268 e. The van der Waals surface area contributed by atoms with Crippen molar-refractivity contribution < 1.29 is 9.59 Å². The van der Waals surface area contributed by atoms with Crippen molar-refractivity contribution in [3.05, 3.63) is 63.5 Å². The minimum absolute atomic E-state index is 0.245. The molecule has 5 heteroatoms. The van der Waals surface area contributed by atoms with Crippen LogP contribution in [0.5, 0.6) is 0 Å². The van der Waals surface area contributed by atoms with Gasteiger partial charge in [-0.2, -0.15) is 0 Å². The number of amides is 2. The van der Waals surface area contributed by atoms with Gasteiger partial charge in [-0.05, 0) is 56.8 Å². The maximum Gasteiger partial charge on any atom is 0.268 e. The molecule has 0 bridgehead atoms. The first kappa shape index (κ1) is 18.9. The lowest BCUT2D eigenvalue weighted by Crippen LogP contribution is -2.46. The van der Waals surface area contributed by atoms with Gasteiger partial charge in [-0.15, -0.1) is 11.3 Å². The monoisotopic (exact) mass is 356 g/mol. The molecule has 132 valence electrons. The quantitative estimate of drug-likeness (QED) is 0.765. The highest BCUT2D eigenvalue weighted by Crippen LogP contribution is 2.15. The molecule has 1 aromatic heterocycles. The summed E-state index contributed by atoms with van der Waals surface area (Å²) in [6, 6.07) is 11.1. The molecule has 0 atom stereocenters. The Morgan fingerprint density at radius 2 is 1.84 bits per heavy atom. The Morgan fingerprint density at radius 3 is 2.40 bits per heavy atom. The number of rotatable bonds is 6. The van der Waals surface area contributed by atoms with Crippen LogP contribution < -0.4 is 10.6 Å². The largest absolute Gasteiger partial charge is 0.346 e. The van der Waals surface area contributed by atoms with E-state index < -0.39 is 0 Å². The van der Waals surface area contributed by atoms with Crippen molar-refractivity contribution in [3.8, 4) is 0 Å². The van der Waals surface area contributed by atoms with Crippen LogP contribution in [0.4, 0.5) is 0 Å². The maximum atomic E-state index is 12.7. The first-order valence-electron chi connectivity index (χ1n) is 8.26. The van der Waals surface area contributed by atoms with Crippen LogP contribution in [-0.2, 0) is 4.79 Å². The number of hydrogen-bond acceptors (Lipinski definition) is 3.